The number of benzene rings is 3. The fourth-order valence-corrected chi connectivity index (χ4v) is 4.40. The number of halogens is 6. The van der Waals surface area contributed by atoms with E-state index in [1.54, 1.807) is 6.92 Å². The fourth-order valence-electron chi connectivity index (χ4n) is 4.40. The molecule has 9 nitrogen and oxygen atoms in total. The summed E-state index contributed by atoms with van der Waals surface area (Å²) in [6.07, 6.45) is -6.49. The van der Waals surface area contributed by atoms with Gasteiger partial charge in [-0.25, -0.2) is 18.0 Å². The normalized spacial score (nSPS) is 12.6. The Kier molecular flexibility index (Phi) is 13.2. The highest BCUT2D eigenvalue weighted by Gasteiger charge is 2.29. The van der Waals surface area contributed by atoms with Crippen LogP contribution in [0.15, 0.2) is 73.0 Å². The first kappa shape index (κ1) is 36.9. The maximum Gasteiger partial charge on any atom is 0.412 e. The van der Waals surface area contributed by atoms with Gasteiger partial charge in [0.2, 0.25) is 5.91 Å². The van der Waals surface area contributed by atoms with Crippen molar-refractivity contribution in [3.63, 3.8) is 0 Å². The van der Waals surface area contributed by atoms with Gasteiger partial charge in [-0.1, -0.05) is 30.8 Å². The number of hydrogen-bond donors (Lipinski definition) is 4. The Morgan fingerprint density at radius 1 is 1.02 bits per heavy atom. The Morgan fingerprint density at radius 3 is 2.34 bits per heavy atom. The van der Waals surface area contributed by atoms with Crippen LogP contribution in [0.1, 0.15) is 24.5 Å². The standard InChI is InChI=1S/C32H34F6N4O5/c1-19(12-13-40-26(17-43)20(2)47-31(45)41-18-32(36,37)38)46-30-25(35)4-3-5-27(30)42(29(44)16-39)28-15-24(34)11-8-22(28)14-21-6-9-23(33)10-7-21/h3-11,15,19,26,40,43H,2,12-14,16-18,39H2,1H3,(H,41,45). The maximum absolute atomic E-state index is 15.3. The number of para-hydroxylation sites is 1. The maximum atomic E-state index is 15.3. The molecule has 0 heterocycles. The van der Waals surface area contributed by atoms with Crippen LogP contribution < -0.4 is 26.0 Å². The molecule has 0 aliphatic heterocycles. The number of alkyl carbamates (subject to hydrolysis) is 1. The Labute approximate surface area is 267 Å². The number of nitrogens with one attached hydrogen (secondary N) is 2. The molecule has 3 rings (SSSR count). The van der Waals surface area contributed by atoms with E-state index in [4.69, 9.17) is 15.2 Å². The van der Waals surface area contributed by atoms with E-state index in [9.17, 15) is 36.6 Å². The summed E-state index contributed by atoms with van der Waals surface area (Å²) in [6, 6.07) is 12.1. The average molecular weight is 669 g/mol. The Hall–Kier alpha value is -4.60. The lowest BCUT2D eigenvalue weighted by atomic mass is 10.0. The second-order valence-electron chi connectivity index (χ2n) is 10.3. The van der Waals surface area contributed by atoms with Crippen LogP contribution in [0.3, 0.4) is 0 Å². The predicted octanol–water partition coefficient (Wildman–Crippen LogP) is 5.23. The average Bonchev–Trinajstić information content (AvgIpc) is 3.01. The van der Waals surface area contributed by atoms with Gasteiger partial charge in [-0.15, -0.1) is 0 Å². The van der Waals surface area contributed by atoms with Crippen molar-refractivity contribution in [2.45, 2.75) is 38.1 Å². The molecule has 254 valence electrons. The van der Waals surface area contributed by atoms with Gasteiger partial charge >= 0.3 is 12.3 Å². The van der Waals surface area contributed by atoms with Gasteiger partial charge in [-0.05, 0) is 73.8 Å². The number of anilines is 2. The zero-order chi connectivity index (χ0) is 34.7. The number of hydrogen-bond acceptors (Lipinski definition) is 7. The van der Waals surface area contributed by atoms with E-state index in [2.05, 4.69) is 11.9 Å². The predicted molar refractivity (Wildman–Crippen MR) is 161 cm³/mol. The molecule has 0 saturated carbocycles. The molecule has 47 heavy (non-hydrogen) atoms. The van der Waals surface area contributed by atoms with Crippen molar-refractivity contribution in [1.29, 1.82) is 0 Å². The number of carbonyl (C=O) groups is 2. The van der Waals surface area contributed by atoms with E-state index in [0.29, 0.717) is 11.1 Å². The van der Waals surface area contributed by atoms with Gasteiger partial charge in [0.05, 0.1) is 36.7 Å². The number of nitrogens with zero attached hydrogens (tertiary/aromatic N) is 1. The van der Waals surface area contributed by atoms with Gasteiger partial charge < -0.3 is 30.9 Å². The molecule has 0 radical (unpaired) electrons. The topological polar surface area (TPSA) is 126 Å². The van der Waals surface area contributed by atoms with Crippen molar-refractivity contribution < 1.29 is 50.5 Å². The number of rotatable bonds is 15. The monoisotopic (exact) mass is 668 g/mol. The summed E-state index contributed by atoms with van der Waals surface area (Å²) in [4.78, 5) is 25.9. The molecule has 3 aromatic carbocycles. The molecule has 0 aliphatic carbocycles. The molecule has 5 N–H and O–H groups in total. The highest BCUT2D eigenvalue weighted by atomic mass is 19.4. The molecule has 2 amide bonds. The minimum Gasteiger partial charge on any atom is -0.485 e. The molecular formula is C32H34F6N4O5. The highest BCUT2D eigenvalue weighted by molar-refractivity contribution is 6.03. The minimum absolute atomic E-state index is 0.0638. The summed E-state index contributed by atoms with van der Waals surface area (Å²) >= 11 is 0. The van der Waals surface area contributed by atoms with Crippen LogP contribution in [0, 0.1) is 17.5 Å². The third kappa shape index (κ3) is 11.0. The number of aliphatic hydroxyl groups is 1. The molecule has 2 unspecified atom stereocenters. The van der Waals surface area contributed by atoms with E-state index in [-0.39, 0.29) is 42.3 Å². The van der Waals surface area contributed by atoms with Crippen molar-refractivity contribution in [3.8, 4) is 5.75 Å². The van der Waals surface area contributed by atoms with Crippen molar-refractivity contribution >= 4 is 23.4 Å². The minimum atomic E-state index is -4.65. The fraction of sp³-hybridized carbons (Fsp3) is 0.312. The molecule has 0 spiro atoms. The summed E-state index contributed by atoms with van der Waals surface area (Å²) in [5.74, 6) is -3.36. The van der Waals surface area contributed by atoms with Crippen LogP contribution in [0.2, 0.25) is 0 Å². The van der Waals surface area contributed by atoms with Gasteiger partial charge in [0.15, 0.2) is 11.6 Å². The molecule has 0 aliphatic rings. The second-order valence-corrected chi connectivity index (χ2v) is 10.3. The molecule has 15 heteroatoms. The lowest BCUT2D eigenvalue weighted by molar-refractivity contribution is -0.123. The van der Waals surface area contributed by atoms with E-state index < -0.39 is 67.5 Å². The Bertz CT molecular complexity index is 1540. The van der Waals surface area contributed by atoms with Crippen LogP contribution in [0.5, 0.6) is 5.75 Å². The molecule has 0 fully saturated rings. The summed E-state index contributed by atoms with van der Waals surface area (Å²) in [5.41, 5.74) is 6.83. The number of alkyl halides is 3. The largest absolute Gasteiger partial charge is 0.485 e. The van der Waals surface area contributed by atoms with E-state index in [0.717, 1.165) is 17.0 Å². The molecule has 0 saturated heterocycles. The van der Waals surface area contributed by atoms with E-state index >= 15 is 4.39 Å². The van der Waals surface area contributed by atoms with Crippen LogP contribution in [-0.2, 0) is 16.0 Å². The molecule has 3 aromatic rings. The van der Waals surface area contributed by atoms with Gasteiger partial charge in [-0.3, -0.25) is 9.69 Å². The first-order valence-corrected chi connectivity index (χ1v) is 14.3. The van der Waals surface area contributed by atoms with Crippen molar-refractivity contribution in [3.05, 3.63) is 102 Å². The second kappa shape index (κ2) is 16.8. The zero-order valence-electron chi connectivity index (χ0n) is 25.3. The summed E-state index contributed by atoms with van der Waals surface area (Å²) in [5, 5.41) is 14.0. The van der Waals surface area contributed by atoms with Gasteiger partial charge in [-0.2, -0.15) is 13.2 Å². The van der Waals surface area contributed by atoms with Gasteiger partial charge in [0, 0.05) is 0 Å². The van der Waals surface area contributed by atoms with Crippen molar-refractivity contribution in [2.75, 3.05) is 31.1 Å². The number of aliphatic hydroxyl groups excluding tert-OH is 1. The first-order valence-electron chi connectivity index (χ1n) is 14.3. The summed E-state index contributed by atoms with van der Waals surface area (Å²) < 4.78 is 90.9. The van der Waals surface area contributed by atoms with E-state index in [1.165, 1.54) is 53.8 Å². The van der Waals surface area contributed by atoms with Crippen molar-refractivity contribution in [2.24, 2.45) is 5.73 Å². The molecule has 0 aromatic heterocycles. The Balaban J connectivity index is 1.78. The first-order chi connectivity index (χ1) is 22.2. The van der Waals surface area contributed by atoms with Gasteiger partial charge in [0.1, 0.15) is 23.9 Å². The zero-order valence-corrected chi connectivity index (χ0v) is 25.3. The van der Waals surface area contributed by atoms with Crippen LogP contribution in [0.25, 0.3) is 0 Å². The SMILES string of the molecule is C=C(OC(=O)NCC(F)(F)F)C(CO)NCCC(C)Oc1c(F)cccc1N(C(=O)CN)c1cc(F)ccc1Cc1ccc(F)cc1. The van der Waals surface area contributed by atoms with E-state index in [1.807, 2.05) is 0 Å². The summed E-state index contributed by atoms with van der Waals surface area (Å²) in [6.45, 7) is 2.34. The molecule has 0 bridgehead atoms. The Morgan fingerprint density at radius 2 is 1.70 bits per heavy atom. The van der Waals surface area contributed by atoms with Crippen molar-refractivity contribution in [1.82, 2.24) is 10.6 Å². The lowest BCUT2D eigenvalue weighted by Gasteiger charge is -2.28. The lowest BCUT2D eigenvalue weighted by Crippen LogP contribution is -2.40. The number of ether oxygens (including phenoxy) is 2. The third-order valence-corrected chi connectivity index (χ3v) is 6.70. The molecular weight excluding hydrogens is 634 g/mol. The molecule has 2 atom stereocenters. The van der Waals surface area contributed by atoms with Gasteiger partial charge in [0.25, 0.3) is 0 Å². The van der Waals surface area contributed by atoms with Crippen LogP contribution in [0.4, 0.5) is 42.5 Å². The van der Waals surface area contributed by atoms with Crippen LogP contribution >= 0.6 is 0 Å². The quantitative estimate of drug-likeness (QED) is 0.129. The third-order valence-electron chi connectivity index (χ3n) is 6.70. The highest BCUT2D eigenvalue weighted by Crippen LogP contribution is 2.39. The number of carbonyl (C=O) groups excluding carboxylic acids is 2. The summed E-state index contributed by atoms with van der Waals surface area (Å²) in [7, 11) is 0. The smallest absolute Gasteiger partial charge is 0.412 e. The number of nitrogens with two attached hydrogens (primary N) is 1. The van der Waals surface area contributed by atoms with Crippen LogP contribution in [-0.4, -0.2) is 61.7 Å². The number of amides is 2.